The monoisotopic (exact) mass is 467 g/mol. The molecule has 0 aliphatic carbocycles. The number of esters is 1. The van der Waals surface area contributed by atoms with Gasteiger partial charge in [-0.1, -0.05) is 6.07 Å². The molecule has 1 N–H and O–H groups in total. The first-order chi connectivity index (χ1) is 16.4. The van der Waals surface area contributed by atoms with Gasteiger partial charge in [-0.3, -0.25) is 9.48 Å². The lowest BCUT2D eigenvalue weighted by atomic mass is 10.2. The van der Waals surface area contributed by atoms with Crippen LogP contribution in [0.15, 0.2) is 48.5 Å². The maximum atomic E-state index is 12.5. The highest BCUT2D eigenvalue weighted by Crippen LogP contribution is 2.29. The average molecular weight is 468 g/mol. The summed E-state index contributed by atoms with van der Waals surface area (Å²) in [5, 5.41) is 6.85. The summed E-state index contributed by atoms with van der Waals surface area (Å²) in [6, 6.07) is 14.1. The zero-order valence-electron chi connectivity index (χ0n) is 19.8. The molecule has 0 unspecified atom stereocenters. The van der Waals surface area contributed by atoms with Crippen LogP contribution in [0.2, 0.25) is 0 Å². The third-order valence-corrected chi connectivity index (χ3v) is 4.72. The van der Waals surface area contributed by atoms with E-state index < -0.39 is 11.9 Å². The number of amides is 1. The van der Waals surface area contributed by atoms with E-state index in [9.17, 15) is 9.59 Å². The summed E-state index contributed by atoms with van der Waals surface area (Å²) < 4.78 is 23.4. The summed E-state index contributed by atoms with van der Waals surface area (Å²) in [5.41, 5.74) is 1.83. The van der Waals surface area contributed by atoms with E-state index in [4.69, 9.17) is 18.9 Å². The number of nitrogens with zero attached hydrogens (tertiary/aromatic N) is 2. The first kappa shape index (κ1) is 24.6. The number of hydrogen-bond donors (Lipinski definition) is 1. The lowest BCUT2D eigenvalue weighted by Gasteiger charge is -2.13. The van der Waals surface area contributed by atoms with Crippen molar-refractivity contribution >= 4 is 17.6 Å². The van der Waals surface area contributed by atoms with Crippen LogP contribution in [0.5, 0.6) is 17.2 Å². The zero-order valence-corrected chi connectivity index (χ0v) is 19.8. The van der Waals surface area contributed by atoms with Gasteiger partial charge in [0.1, 0.15) is 18.1 Å². The highest BCUT2D eigenvalue weighted by atomic mass is 16.5. The van der Waals surface area contributed by atoms with Crippen LogP contribution >= 0.6 is 0 Å². The first-order valence-corrected chi connectivity index (χ1v) is 11.1. The second-order valence-electron chi connectivity index (χ2n) is 7.17. The summed E-state index contributed by atoms with van der Waals surface area (Å²) in [6.07, 6.45) is 0. The van der Waals surface area contributed by atoms with Gasteiger partial charge in [-0.2, -0.15) is 5.10 Å². The SMILES string of the molecule is CCOC(=O)c1cc(C(=O)Nc2ccc(OCc3ccc(OCC)c(OCC)c3)cc2)nn1C. The molecule has 1 amide bonds. The molecule has 0 fully saturated rings. The van der Waals surface area contributed by atoms with Crippen LogP contribution in [0.1, 0.15) is 47.3 Å². The summed E-state index contributed by atoms with van der Waals surface area (Å²) in [4.78, 5) is 24.4. The average Bonchev–Trinajstić information content (AvgIpc) is 3.22. The standard InChI is InChI=1S/C25H29N3O6/c1-5-31-22-13-8-17(14-23(22)32-6-2)16-34-19-11-9-18(10-12-19)26-24(29)20-15-21(28(4)27-20)25(30)33-7-3/h8-15H,5-7,16H2,1-4H3,(H,26,29). The van der Waals surface area contributed by atoms with Crippen molar-refractivity contribution in [3.8, 4) is 17.2 Å². The molecule has 9 nitrogen and oxygen atoms in total. The Labute approximate surface area is 198 Å². The molecule has 0 radical (unpaired) electrons. The fourth-order valence-electron chi connectivity index (χ4n) is 3.16. The third-order valence-electron chi connectivity index (χ3n) is 4.72. The van der Waals surface area contributed by atoms with E-state index in [1.807, 2.05) is 32.0 Å². The minimum atomic E-state index is -0.529. The molecule has 3 rings (SSSR count). The van der Waals surface area contributed by atoms with Crippen molar-refractivity contribution in [3.63, 3.8) is 0 Å². The molecule has 180 valence electrons. The van der Waals surface area contributed by atoms with E-state index in [1.54, 1.807) is 38.2 Å². The Morgan fingerprint density at radius 2 is 1.59 bits per heavy atom. The van der Waals surface area contributed by atoms with E-state index in [2.05, 4.69) is 10.4 Å². The molecule has 1 aromatic heterocycles. The molecule has 2 aromatic carbocycles. The van der Waals surface area contributed by atoms with Gasteiger partial charge >= 0.3 is 5.97 Å². The third kappa shape index (κ3) is 6.28. The Bertz CT molecular complexity index is 1120. The topological polar surface area (TPSA) is 101 Å². The first-order valence-electron chi connectivity index (χ1n) is 11.1. The number of aromatic nitrogens is 2. The van der Waals surface area contributed by atoms with Gasteiger partial charge in [0.15, 0.2) is 17.2 Å². The molecule has 3 aromatic rings. The van der Waals surface area contributed by atoms with Gasteiger partial charge in [-0.15, -0.1) is 0 Å². The van der Waals surface area contributed by atoms with Crippen molar-refractivity contribution in [1.82, 2.24) is 9.78 Å². The predicted molar refractivity (Wildman–Crippen MR) is 127 cm³/mol. The second-order valence-corrected chi connectivity index (χ2v) is 7.17. The van der Waals surface area contributed by atoms with E-state index in [-0.39, 0.29) is 18.0 Å². The van der Waals surface area contributed by atoms with Crippen LogP contribution in [-0.4, -0.2) is 41.5 Å². The summed E-state index contributed by atoms with van der Waals surface area (Å²) in [6.45, 7) is 7.26. The number of carbonyl (C=O) groups is 2. The molecule has 0 bridgehead atoms. The van der Waals surface area contributed by atoms with E-state index in [1.165, 1.54) is 10.7 Å². The predicted octanol–water partition coefficient (Wildman–Crippen LogP) is 4.23. The van der Waals surface area contributed by atoms with Crippen molar-refractivity contribution < 1.29 is 28.5 Å². The Hall–Kier alpha value is -4.01. The van der Waals surface area contributed by atoms with Crippen molar-refractivity contribution in [2.45, 2.75) is 27.4 Å². The quantitative estimate of drug-likeness (QED) is 0.421. The molecule has 0 aliphatic heterocycles. The smallest absolute Gasteiger partial charge is 0.356 e. The van der Waals surface area contributed by atoms with Gasteiger partial charge in [-0.25, -0.2) is 4.79 Å². The molecule has 1 heterocycles. The molecule has 9 heteroatoms. The largest absolute Gasteiger partial charge is 0.490 e. The highest BCUT2D eigenvalue weighted by molar-refractivity contribution is 6.04. The minimum absolute atomic E-state index is 0.117. The summed E-state index contributed by atoms with van der Waals surface area (Å²) >= 11 is 0. The maximum absolute atomic E-state index is 12.5. The fourth-order valence-corrected chi connectivity index (χ4v) is 3.16. The Balaban J connectivity index is 1.59. The van der Waals surface area contributed by atoms with E-state index >= 15 is 0 Å². The molecule has 0 spiro atoms. The molecule has 0 saturated heterocycles. The Kier molecular flexibility index (Phi) is 8.50. The van der Waals surface area contributed by atoms with Gasteiger partial charge in [0.2, 0.25) is 0 Å². The minimum Gasteiger partial charge on any atom is -0.490 e. The van der Waals surface area contributed by atoms with Crippen molar-refractivity contribution in [3.05, 3.63) is 65.5 Å². The molecular weight excluding hydrogens is 438 g/mol. The van der Waals surface area contributed by atoms with Crippen LogP contribution in [0.3, 0.4) is 0 Å². The fraction of sp³-hybridized carbons (Fsp3) is 0.320. The number of hydrogen-bond acceptors (Lipinski definition) is 7. The van der Waals surface area contributed by atoms with Crippen LogP contribution in [0.25, 0.3) is 0 Å². The van der Waals surface area contributed by atoms with Crippen LogP contribution in [-0.2, 0) is 18.4 Å². The lowest BCUT2D eigenvalue weighted by molar-refractivity contribution is 0.0513. The van der Waals surface area contributed by atoms with Crippen LogP contribution < -0.4 is 19.5 Å². The van der Waals surface area contributed by atoms with Crippen LogP contribution in [0, 0.1) is 0 Å². The maximum Gasteiger partial charge on any atom is 0.356 e. The normalized spacial score (nSPS) is 10.5. The zero-order chi connectivity index (χ0) is 24.5. The molecule has 34 heavy (non-hydrogen) atoms. The van der Waals surface area contributed by atoms with Gasteiger partial charge in [0.25, 0.3) is 5.91 Å². The van der Waals surface area contributed by atoms with Crippen molar-refractivity contribution in [2.75, 3.05) is 25.1 Å². The molecular formula is C25H29N3O6. The molecule has 0 aliphatic rings. The van der Waals surface area contributed by atoms with Gasteiger partial charge in [0, 0.05) is 18.8 Å². The number of ether oxygens (including phenoxy) is 4. The molecule has 0 atom stereocenters. The van der Waals surface area contributed by atoms with Crippen molar-refractivity contribution in [2.24, 2.45) is 7.05 Å². The Morgan fingerprint density at radius 1 is 0.882 bits per heavy atom. The number of benzene rings is 2. The van der Waals surface area contributed by atoms with Gasteiger partial charge in [-0.05, 0) is 62.7 Å². The number of aryl methyl sites for hydroxylation is 1. The number of rotatable bonds is 11. The van der Waals surface area contributed by atoms with Gasteiger partial charge < -0.3 is 24.3 Å². The van der Waals surface area contributed by atoms with E-state index in [0.29, 0.717) is 42.8 Å². The van der Waals surface area contributed by atoms with E-state index in [0.717, 1.165) is 5.56 Å². The lowest BCUT2D eigenvalue weighted by Crippen LogP contribution is -2.13. The Morgan fingerprint density at radius 3 is 2.26 bits per heavy atom. The van der Waals surface area contributed by atoms with Crippen molar-refractivity contribution in [1.29, 1.82) is 0 Å². The summed E-state index contributed by atoms with van der Waals surface area (Å²) in [5.74, 6) is 1.07. The highest BCUT2D eigenvalue weighted by Gasteiger charge is 2.18. The van der Waals surface area contributed by atoms with Gasteiger partial charge in [0.05, 0.1) is 19.8 Å². The number of anilines is 1. The summed E-state index contributed by atoms with van der Waals surface area (Å²) in [7, 11) is 1.58. The molecule has 0 saturated carbocycles. The number of carbonyl (C=O) groups excluding carboxylic acids is 2. The second kappa shape index (κ2) is 11.7. The van der Waals surface area contributed by atoms with Crippen LogP contribution in [0.4, 0.5) is 5.69 Å². The number of nitrogens with one attached hydrogen (secondary N) is 1.